The first-order chi connectivity index (χ1) is 12.3. The molecule has 4 aromatic rings. The second kappa shape index (κ2) is 5.76. The lowest BCUT2D eigenvalue weighted by Gasteiger charge is -2.25. The van der Waals surface area contributed by atoms with Crippen molar-refractivity contribution in [2.24, 2.45) is 0 Å². The molecule has 0 bridgehead atoms. The Bertz CT molecular complexity index is 1080. The first-order valence-corrected chi connectivity index (χ1v) is 9.30. The van der Waals surface area contributed by atoms with Gasteiger partial charge in [-0.25, -0.2) is 4.98 Å². The van der Waals surface area contributed by atoms with Crippen molar-refractivity contribution < 1.29 is 0 Å². The van der Waals surface area contributed by atoms with Crippen LogP contribution >= 0.6 is 22.9 Å². The van der Waals surface area contributed by atoms with Gasteiger partial charge in [-0.3, -0.25) is 4.57 Å². The third-order valence-corrected chi connectivity index (χ3v) is 5.63. The molecule has 0 radical (unpaired) electrons. The predicted molar refractivity (Wildman–Crippen MR) is 105 cm³/mol. The van der Waals surface area contributed by atoms with Gasteiger partial charge in [0.05, 0.1) is 17.1 Å². The molecule has 1 atom stereocenters. The minimum absolute atomic E-state index is 0.120. The van der Waals surface area contributed by atoms with Crippen molar-refractivity contribution in [3.63, 3.8) is 0 Å². The number of anilines is 1. The average molecular weight is 364 g/mol. The molecule has 0 aliphatic carbocycles. The Hall–Kier alpha value is -2.56. The number of halogens is 1. The Balaban J connectivity index is 1.71. The maximum absolute atomic E-state index is 6.04. The Kier molecular flexibility index (Phi) is 3.40. The van der Waals surface area contributed by atoms with E-state index in [1.54, 1.807) is 11.3 Å². The van der Waals surface area contributed by atoms with Crippen LogP contribution in [0.2, 0.25) is 5.02 Å². The molecule has 122 valence electrons. The summed E-state index contributed by atoms with van der Waals surface area (Å²) in [6.07, 6.45) is 2.26. The SMILES string of the molecule is Clc1ccc(C2=C[C@@H](c3cccs3)n3c(nc4ccccc43)N2)cc1. The van der Waals surface area contributed by atoms with E-state index in [2.05, 4.69) is 51.7 Å². The van der Waals surface area contributed by atoms with Gasteiger partial charge in [0.1, 0.15) is 0 Å². The molecule has 1 aliphatic heterocycles. The van der Waals surface area contributed by atoms with Gasteiger partial charge in [-0.05, 0) is 47.4 Å². The fraction of sp³-hybridized carbons (Fsp3) is 0.0500. The number of thiophene rings is 1. The topological polar surface area (TPSA) is 29.9 Å². The third-order valence-electron chi connectivity index (χ3n) is 4.43. The van der Waals surface area contributed by atoms with Crippen LogP contribution in [0.4, 0.5) is 5.95 Å². The van der Waals surface area contributed by atoms with E-state index >= 15 is 0 Å². The molecule has 0 spiro atoms. The summed E-state index contributed by atoms with van der Waals surface area (Å²) in [5.41, 5.74) is 4.29. The van der Waals surface area contributed by atoms with Crippen molar-refractivity contribution in [3.05, 3.63) is 87.6 Å². The summed E-state index contributed by atoms with van der Waals surface area (Å²) in [6, 6.07) is 20.5. The van der Waals surface area contributed by atoms with E-state index in [1.807, 2.05) is 30.3 Å². The molecular weight excluding hydrogens is 350 g/mol. The predicted octanol–water partition coefficient (Wildman–Crippen LogP) is 5.81. The van der Waals surface area contributed by atoms with Crippen LogP contribution in [-0.4, -0.2) is 9.55 Å². The zero-order chi connectivity index (χ0) is 16.8. The normalized spacial score (nSPS) is 16.4. The molecule has 1 N–H and O–H groups in total. The smallest absolute Gasteiger partial charge is 0.209 e. The number of aromatic nitrogens is 2. The van der Waals surface area contributed by atoms with Gasteiger partial charge in [-0.2, -0.15) is 0 Å². The van der Waals surface area contributed by atoms with E-state index in [-0.39, 0.29) is 6.04 Å². The monoisotopic (exact) mass is 363 g/mol. The Morgan fingerprint density at radius 2 is 1.84 bits per heavy atom. The second-order valence-electron chi connectivity index (χ2n) is 5.97. The first-order valence-electron chi connectivity index (χ1n) is 8.05. The van der Waals surface area contributed by atoms with Crippen molar-refractivity contribution in [1.82, 2.24) is 9.55 Å². The van der Waals surface area contributed by atoms with Crippen molar-refractivity contribution >= 4 is 45.6 Å². The second-order valence-corrected chi connectivity index (χ2v) is 7.38. The number of para-hydroxylation sites is 2. The van der Waals surface area contributed by atoms with Gasteiger partial charge in [-0.15, -0.1) is 11.3 Å². The number of imidazole rings is 1. The van der Waals surface area contributed by atoms with Gasteiger partial charge < -0.3 is 5.32 Å². The van der Waals surface area contributed by atoms with Crippen molar-refractivity contribution in [2.75, 3.05) is 5.32 Å². The van der Waals surface area contributed by atoms with Gasteiger partial charge in [-0.1, -0.05) is 41.9 Å². The van der Waals surface area contributed by atoms with E-state index in [0.717, 1.165) is 33.3 Å². The van der Waals surface area contributed by atoms with Gasteiger partial charge >= 0.3 is 0 Å². The Morgan fingerprint density at radius 3 is 2.64 bits per heavy atom. The third kappa shape index (κ3) is 2.46. The average Bonchev–Trinajstić information content (AvgIpc) is 3.29. The lowest BCUT2D eigenvalue weighted by Crippen LogP contribution is -2.18. The lowest BCUT2D eigenvalue weighted by atomic mass is 10.1. The highest BCUT2D eigenvalue weighted by Gasteiger charge is 2.25. The van der Waals surface area contributed by atoms with Crippen LogP contribution in [0.25, 0.3) is 16.7 Å². The maximum Gasteiger partial charge on any atom is 0.209 e. The van der Waals surface area contributed by atoms with Crippen LogP contribution in [0.3, 0.4) is 0 Å². The number of benzene rings is 2. The largest absolute Gasteiger partial charge is 0.325 e. The molecule has 25 heavy (non-hydrogen) atoms. The van der Waals surface area contributed by atoms with E-state index in [9.17, 15) is 0 Å². The minimum atomic E-state index is 0.120. The maximum atomic E-state index is 6.04. The molecule has 2 aromatic heterocycles. The van der Waals surface area contributed by atoms with Crippen LogP contribution in [0.1, 0.15) is 16.5 Å². The fourth-order valence-corrected chi connectivity index (χ4v) is 4.19. The number of hydrogen-bond acceptors (Lipinski definition) is 3. The number of hydrogen-bond donors (Lipinski definition) is 1. The van der Waals surface area contributed by atoms with Crippen LogP contribution in [0.5, 0.6) is 0 Å². The number of rotatable bonds is 2. The van der Waals surface area contributed by atoms with Gasteiger partial charge in [0, 0.05) is 15.6 Å². The molecule has 2 aromatic carbocycles. The number of allylic oxidation sites excluding steroid dienone is 1. The fourth-order valence-electron chi connectivity index (χ4n) is 3.28. The zero-order valence-corrected chi connectivity index (χ0v) is 14.8. The van der Waals surface area contributed by atoms with Gasteiger partial charge in [0.2, 0.25) is 5.95 Å². The van der Waals surface area contributed by atoms with E-state index in [4.69, 9.17) is 16.6 Å². The molecule has 1 aliphatic rings. The van der Waals surface area contributed by atoms with Crippen molar-refractivity contribution in [3.8, 4) is 0 Å². The molecule has 0 saturated carbocycles. The van der Waals surface area contributed by atoms with Crippen LogP contribution in [-0.2, 0) is 0 Å². The molecule has 3 nitrogen and oxygen atoms in total. The lowest BCUT2D eigenvalue weighted by molar-refractivity contribution is 0.733. The summed E-state index contributed by atoms with van der Waals surface area (Å²) < 4.78 is 2.26. The summed E-state index contributed by atoms with van der Waals surface area (Å²) in [7, 11) is 0. The highest BCUT2D eigenvalue weighted by molar-refractivity contribution is 7.10. The molecule has 5 rings (SSSR count). The number of fused-ring (bicyclic) bond motifs is 3. The summed E-state index contributed by atoms with van der Waals surface area (Å²) in [6.45, 7) is 0. The van der Waals surface area contributed by atoms with Gasteiger partial charge in [0.25, 0.3) is 0 Å². The highest BCUT2D eigenvalue weighted by Crippen LogP contribution is 2.38. The molecule has 3 heterocycles. The molecule has 0 amide bonds. The molecule has 0 fully saturated rings. The van der Waals surface area contributed by atoms with Crippen LogP contribution in [0, 0.1) is 0 Å². The van der Waals surface area contributed by atoms with E-state index < -0.39 is 0 Å². The van der Waals surface area contributed by atoms with Crippen LogP contribution < -0.4 is 5.32 Å². The minimum Gasteiger partial charge on any atom is -0.325 e. The quantitative estimate of drug-likeness (QED) is 0.487. The van der Waals surface area contributed by atoms with Gasteiger partial charge in [0.15, 0.2) is 0 Å². The summed E-state index contributed by atoms with van der Waals surface area (Å²) in [4.78, 5) is 6.09. The summed E-state index contributed by atoms with van der Waals surface area (Å²) >= 11 is 7.80. The molecule has 0 unspecified atom stereocenters. The van der Waals surface area contributed by atoms with Crippen molar-refractivity contribution in [1.29, 1.82) is 0 Å². The molecule has 0 saturated heterocycles. The molecular formula is C20H14ClN3S. The summed E-state index contributed by atoms with van der Waals surface area (Å²) in [5.74, 6) is 0.868. The highest BCUT2D eigenvalue weighted by atomic mass is 35.5. The number of nitrogens with zero attached hydrogens (tertiary/aromatic N) is 2. The summed E-state index contributed by atoms with van der Waals surface area (Å²) in [5, 5.41) is 6.34. The Labute approximate surface area is 154 Å². The van der Waals surface area contributed by atoms with Crippen molar-refractivity contribution in [2.45, 2.75) is 6.04 Å². The molecule has 5 heteroatoms. The first kappa shape index (κ1) is 14.8. The standard InChI is InChI=1S/C20H14ClN3S/c21-14-9-7-13(8-10-14)16-12-18(19-6-3-11-25-19)24-17-5-2-1-4-15(17)22-20(24)23-16/h1-12,18H,(H,22,23)/t18-/m0/s1. The Morgan fingerprint density at radius 1 is 1.00 bits per heavy atom. The van der Waals surface area contributed by atoms with Crippen LogP contribution in [0.15, 0.2) is 72.1 Å². The van der Waals surface area contributed by atoms with E-state index in [1.165, 1.54) is 4.88 Å². The number of nitrogens with one attached hydrogen (secondary N) is 1. The van der Waals surface area contributed by atoms with E-state index in [0.29, 0.717) is 0 Å². The zero-order valence-electron chi connectivity index (χ0n) is 13.2.